The van der Waals surface area contributed by atoms with Crippen LogP contribution in [0.2, 0.25) is 0 Å². The van der Waals surface area contributed by atoms with Crippen LogP contribution in [-0.4, -0.2) is 27.3 Å². The normalized spacial score (nSPS) is 16.7. The molecule has 1 atom stereocenters. The standard InChI is InChI=1S/C19H15F3N4O/c20-19(21,22)10-11-4-3-5-12(8-11)13-9-15(27)24-18-16(13)17(25-26-18)14-6-1-2-7-23-14/h1-8,13H,9-10H2,(H2,24,25,26,27). The smallest absolute Gasteiger partial charge is 0.309 e. The van der Waals surface area contributed by atoms with E-state index in [-0.39, 0.29) is 17.9 Å². The largest absolute Gasteiger partial charge is 0.393 e. The zero-order valence-corrected chi connectivity index (χ0v) is 14.0. The summed E-state index contributed by atoms with van der Waals surface area (Å²) < 4.78 is 38.3. The first-order valence-electron chi connectivity index (χ1n) is 8.36. The van der Waals surface area contributed by atoms with Gasteiger partial charge in [-0.1, -0.05) is 30.3 Å². The first kappa shape index (κ1) is 17.3. The molecule has 0 aliphatic carbocycles. The van der Waals surface area contributed by atoms with Crippen molar-refractivity contribution in [1.82, 2.24) is 15.2 Å². The fourth-order valence-electron chi connectivity index (χ4n) is 3.40. The highest BCUT2D eigenvalue weighted by Crippen LogP contribution is 2.41. The van der Waals surface area contributed by atoms with Crippen molar-refractivity contribution in [2.24, 2.45) is 0 Å². The zero-order chi connectivity index (χ0) is 19.0. The van der Waals surface area contributed by atoms with Gasteiger partial charge in [0.2, 0.25) is 5.91 Å². The lowest BCUT2D eigenvalue weighted by molar-refractivity contribution is -0.127. The third-order valence-corrected chi connectivity index (χ3v) is 4.48. The molecule has 0 fully saturated rings. The first-order chi connectivity index (χ1) is 12.9. The number of nitrogens with one attached hydrogen (secondary N) is 2. The molecule has 2 N–H and O–H groups in total. The van der Waals surface area contributed by atoms with Crippen LogP contribution in [0.3, 0.4) is 0 Å². The van der Waals surface area contributed by atoms with Crippen molar-refractivity contribution in [3.8, 4) is 11.4 Å². The summed E-state index contributed by atoms with van der Waals surface area (Å²) >= 11 is 0. The average molecular weight is 372 g/mol. The SMILES string of the molecule is O=C1CC(c2cccc(CC(F)(F)F)c2)c2c(n[nH]c2-c2ccccn2)N1. The highest BCUT2D eigenvalue weighted by atomic mass is 19.4. The molecule has 1 unspecified atom stereocenters. The first-order valence-corrected chi connectivity index (χ1v) is 8.36. The zero-order valence-electron chi connectivity index (χ0n) is 14.0. The van der Waals surface area contributed by atoms with E-state index in [0.29, 0.717) is 22.8 Å². The number of benzene rings is 1. The molecule has 3 heterocycles. The number of hydrogen-bond acceptors (Lipinski definition) is 3. The second-order valence-electron chi connectivity index (χ2n) is 6.42. The number of halogens is 3. The van der Waals surface area contributed by atoms with Crippen LogP contribution in [0.4, 0.5) is 19.0 Å². The average Bonchev–Trinajstić information content (AvgIpc) is 3.04. The van der Waals surface area contributed by atoms with Gasteiger partial charge in [-0.15, -0.1) is 0 Å². The van der Waals surface area contributed by atoms with Gasteiger partial charge in [-0.05, 0) is 23.3 Å². The molecule has 27 heavy (non-hydrogen) atoms. The minimum Gasteiger partial charge on any atom is -0.309 e. The second-order valence-corrected chi connectivity index (χ2v) is 6.42. The Kier molecular flexibility index (Phi) is 4.18. The van der Waals surface area contributed by atoms with Gasteiger partial charge in [-0.3, -0.25) is 14.9 Å². The number of nitrogens with zero attached hydrogens (tertiary/aromatic N) is 2. The molecule has 1 aromatic carbocycles. The summed E-state index contributed by atoms with van der Waals surface area (Å²) in [5, 5.41) is 9.78. The minimum atomic E-state index is -4.29. The Bertz CT molecular complexity index is 982. The van der Waals surface area contributed by atoms with Crippen LogP contribution >= 0.6 is 0 Å². The Hall–Kier alpha value is -3.16. The van der Waals surface area contributed by atoms with Crippen LogP contribution in [0.25, 0.3) is 11.4 Å². The molecule has 0 saturated carbocycles. The summed E-state index contributed by atoms with van der Waals surface area (Å²) in [4.78, 5) is 16.4. The highest BCUT2D eigenvalue weighted by Gasteiger charge is 2.33. The number of aromatic amines is 1. The molecule has 2 aromatic heterocycles. The quantitative estimate of drug-likeness (QED) is 0.729. The Morgan fingerprint density at radius 1 is 1.15 bits per heavy atom. The lowest BCUT2D eigenvalue weighted by Crippen LogP contribution is -2.23. The van der Waals surface area contributed by atoms with Gasteiger partial charge in [-0.2, -0.15) is 18.3 Å². The molecular weight excluding hydrogens is 357 g/mol. The maximum absolute atomic E-state index is 12.8. The molecular formula is C19H15F3N4O. The van der Waals surface area contributed by atoms with Crippen LogP contribution < -0.4 is 5.32 Å². The van der Waals surface area contributed by atoms with Crippen molar-refractivity contribution in [2.75, 3.05) is 5.32 Å². The fourth-order valence-corrected chi connectivity index (χ4v) is 3.40. The lowest BCUT2D eigenvalue weighted by atomic mass is 9.84. The van der Waals surface area contributed by atoms with E-state index in [1.165, 1.54) is 12.1 Å². The number of carbonyl (C=O) groups is 1. The van der Waals surface area contributed by atoms with Gasteiger partial charge in [0, 0.05) is 24.1 Å². The van der Waals surface area contributed by atoms with E-state index in [2.05, 4.69) is 20.5 Å². The van der Waals surface area contributed by atoms with Crippen molar-refractivity contribution in [3.63, 3.8) is 0 Å². The number of rotatable bonds is 3. The van der Waals surface area contributed by atoms with E-state index in [1.54, 1.807) is 30.5 Å². The third-order valence-electron chi connectivity index (χ3n) is 4.48. The van der Waals surface area contributed by atoms with Crippen molar-refractivity contribution >= 4 is 11.7 Å². The number of anilines is 1. The summed E-state index contributed by atoms with van der Waals surface area (Å²) in [5.74, 6) is -0.247. The van der Waals surface area contributed by atoms with Crippen LogP contribution in [0, 0.1) is 0 Å². The molecule has 0 spiro atoms. The van der Waals surface area contributed by atoms with Crippen LogP contribution in [-0.2, 0) is 11.2 Å². The monoisotopic (exact) mass is 372 g/mol. The predicted molar refractivity (Wildman–Crippen MR) is 93.1 cm³/mol. The van der Waals surface area contributed by atoms with E-state index < -0.39 is 18.5 Å². The Labute approximate surface area is 152 Å². The summed E-state index contributed by atoms with van der Waals surface area (Å²) in [6, 6.07) is 11.7. The number of carbonyl (C=O) groups excluding carboxylic acids is 1. The number of hydrogen-bond donors (Lipinski definition) is 2. The Morgan fingerprint density at radius 2 is 2.00 bits per heavy atom. The molecule has 8 heteroatoms. The molecule has 4 rings (SSSR count). The van der Waals surface area contributed by atoms with Crippen molar-refractivity contribution in [3.05, 3.63) is 65.4 Å². The number of aromatic nitrogens is 3. The number of pyridine rings is 1. The summed E-state index contributed by atoms with van der Waals surface area (Å²) in [7, 11) is 0. The maximum Gasteiger partial charge on any atom is 0.393 e. The number of H-pyrrole nitrogens is 1. The van der Waals surface area contributed by atoms with Crippen LogP contribution in [0.1, 0.15) is 29.0 Å². The maximum atomic E-state index is 12.8. The molecule has 3 aromatic rings. The molecule has 5 nitrogen and oxygen atoms in total. The van der Waals surface area contributed by atoms with Gasteiger partial charge >= 0.3 is 6.18 Å². The molecule has 0 radical (unpaired) electrons. The van der Waals surface area contributed by atoms with E-state index >= 15 is 0 Å². The molecule has 1 amide bonds. The van der Waals surface area contributed by atoms with E-state index in [4.69, 9.17) is 0 Å². The van der Waals surface area contributed by atoms with Gasteiger partial charge < -0.3 is 5.32 Å². The van der Waals surface area contributed by atoms with Crippen molar-refractivity contribution in [1.29, 1.82) is 0 Å². The predicted octanol–water partition coefficient (Wildman–Crippen LogP) is 4.05. The fraction of sp³-hybridized carbons (Fsp3) is 0.211. The van der Waals surface area contributed by atoms with Gasteiger partial charge in [0.25, 0.3) is 0 Å². The van der Waals surface area contributed by atoms with E-state index in [0.717, 1.165) is 5.56 Å². The second kappa shape index (κ2) is 6.53. The molecule has 0 bridgehead atoms. The topological polar surface area (TPSA) is 70.7 Å². The summed E-state index contributed by atoms with van der Waals surface area (Å²) in [6.45, 7) is 0. The lowest BCUT2D eigenvalue weighted by Gasteiger charge is -2.24. The van der Waals surface area contributed by atoms with Gasteiger partial charge in [0.1, 0.15) is 0 Å². The van der Waals surface area contributed by atoms with E-state index in [1.807, 2.05) is 6.07 Å². The Balaban J connectivity index is 1.79. The van der Waals surface area contributed by atoms with Gasteiger partial charge in [-0.25, -0.2) is 0 Å². The van der Waals surface area contributed by atoms with Crippen molar-refractivity contribution < 1.29 is 18.0 Å². The Morgan fingerprint density at radius 3 is 2.74 bits per heavy atom. The number of fused-ring (bicyclic) bond motifs is 1. The van der Waals surface area contributed by atoms with Crippen LogP contribution in [0.5, 0.6) is 0 Å². The molecule has 1 aliphatic heterocycles. The highest BCUT2D eigenvalue weighted by molar-refractivity contribution is 5.95. The van der Waals surface area contributed by atoms with Crippen molar-refractivity contribution in [2.45, 2.75) is 24.9 Å². The molecule has 1 aliphatic rings. The summed E-state index contributed by atoms with van der Waals surface area (Å²) in [6.07, 6.45) is -3.53. The summed E-state index contributed by atoms with van der Waals surface area (Å²) in [5.41, 5.74) is 2.84. The number of amides is 1. The third kappa shape index (κ3) is 3.55. The minimum absolute atomic E-state index is 0.127. The van der Waals surface area contributed by atoms with E-state index in [9.17, 15) is 18.0 Å². The van der Waals surface area contributed by atoms with Gasteiger partial charge in [0.15, 0.2) is 5.82 Å². The van der Waals surface area contributed by atoms with Gasteiger partial charge in [0.05, 0.1) is 17.8 Å². The number of alkyl halides is 3. The molecule has 138 valence electrons. The van der Waals surface area contributed by atoms with Crippen LogP contribution in [0.15, 0.2) is 48.7 Å². The molecule has 0 saturated heterocycles.